The molecule has 0 aliphatic carbocycles. The lowest BCUT2D eigenvalue weighted by Gasteiger charge is -2.19. The minimum atomic E-state index is -0.940. The van der Waals surface area contributed by atoms with Crippen LogP contribution in [0.25, 0.3) is 0 Å². The molecule has 1 atom stereocenters. The van der Waals surface area contributed by atoms with Crippen molar-refractivity contribution in [3.63, 3.8) is 0 Å². The zero-order valence-electron chi connectivity index (χ0n) is 8.29. The summed E-state index contributed by atoms with van der Waals surface area (Å²) in [6, 6.07) is 0. The predicted octanol–water partition coefficient (Wildman–Crippen LogP) is 0.418. The Kier molecular flexibility index (Phi) is 2.59. The summed E-state index contributed by atoms with van der Waals surface area (Å²) in [6.07, 6.45) is 0.557. The number of carbonyl (C=O) groups excluding carboxylic acids is 2. The summed E-state index contributed by atoms with van der Waals surface area (Å²) in [4.78, 5) is 24.6. The summed E-state index contributed by atoms with van der Waals surface area (Å²) < 4.78 is 4.86. The molecule has 1 aliphatic rings. The summed E-state index contributed by atoms with van der Waals surface area (Å²) in [6.45, 7) is 4.35. The maximum atomic E-state index is 11.6. The first-order valence-corrected chi connectivity index (χ1v) is 4.45. The zero-order chi connectivity index (χ0) is 10.1. The number of hydrogen-bond acceptors (Lipinski definition) is 3. The first-order valence-electron chi connectivity index (χ1n) is 4.45. The summed E-state index contributed by atoms with van der Waals surface area (Å²) in [5.74, 6) is -0.532. The largest absolute Gasteiger partial charge is 0.465 e. The van der Waals surface area contributed by atoms with E-state index in [0.717, 1.165) is 0 Å². The van der Waals surface area contributed by atoms with Crippen LogP contribution in [0.1, 0.15) is 20.3 Å². The van der Waals surface area contributed by atoms with Gasteiger partial charge in [0.1, 0.15) is 5.41 Å². The van der Waals surface area contributed by atoms with Crippen molar-refractivity contribution >= 4 is 11.9 Å². The van der Waals surface area contributed by atoms with Gasteiger partial charge in [-0.2, -0.15) is 0 Å². The van der Waals surface area contributed by atoms with Gasteiger partial charge in [-0.3, -0.25) is 9.59 Å². The van der Waals surface area contributed by atoms with Gasteiger partial charge in [0.05, 0.1) is 6.61 Å². The monoisotopic (exact) mass is 185 g/mol. The molecule has 0 aromatic carbocycles. The molecule has 1 amide bonds. The zero-order valence-corrected chi connectivity index (χ0v) is 8.29. The Balaban J connectivity index is 2.77. The molecule has 0 aromatic heterocycles. The smallest absolute Gasteiger partial charge is 0.321 e. The van der Waals surface area contributed by atoms with E-state index >= 15 is 0 Å². The van der Waals surface area contributed by atoms with Gasteiger partial charge in [0.2, 0.25) is 5.91 Å². The third-order valence-corrected chi connectivity index (χ3v) is 2.49. The quantitative estimate of drug-likeness (QED) is 0.462. The fourth-order valence-corrected chi connectivity index (χ4v) is 1.50. The molecule has 1 heterocycles. The highest BCUT2D eigenvalue weighted by molar-refractivity contribution is 6.03. The van der Waals surface area contributed by atoms with Crippen LogP contribution in [-0.4, -0.2) is 37.0 Å². The Morgan fingerprint density at radius 2 is 2.31 bits per heavy atom. The fourth-order valence-electron chi connectivity index (χ4n) is 1.50. The molecule has 0 radical (unpaired) electrons. The van der Waals surface area contributed by atoms with E-state index < -0.39 is 11.4 Å². The highest BCUT2D eigenvalue weighted by Crippen LogP contribution is 2.31. The van der Waals surface area contributed by atoms with Crippen molar-refractivity contribution < 1.29 is 14.3 Å². The predicted molar refractivity (Wildman–Crippen MR) is 47.0 cm³/mol. The molecule has 0 bridgehead atoms. The SMILES string of the molecule is CCOC(=O)C1(C)CCN(C)C1=O. The number of carbonyl (C=O) groups is 2. The van der Waals surface area contributed by atoms with Crippen LogP contribution in [-0.2, 0) is 14.3 Å². The molecule has 0 spiro atoms. The van der Waals surface area contributed by atoms with E-state index in [-0.39, 0.29) is 5.91 Å². The van der Waals surface area contributed by atoms with Crippen LogP contribution in [0.3, 0.4) is 0 Å². The number of esters is 1. The van der Waals surface area contributed by atoms with E-state index in [9.17, 15) is 9.59 Å². The normalized spacial score (nSPS) is 27.9. The Morgan fingerprint density at radius 1 is 1.69 bits per heavy atom. The van der Waals surface area contributed by atoms with Crippen LogP contribution in [0.5, 0.6) is 0 Å². The Morgan fingerprint density at radius 3 is 2.69 bits per heavy atom. The van der Waals surface area contributed by atoms with Gasteiger partial charge >= 0.3 is 5.97 Å². The van der Waals surface area contributed by atoms with E-state index in [1.54, 1.807) is 25.8 Å². The summed E-state index contributed by atoms with van der Waals surface area (Å²) >= 11 is 0. The molecular formula is C9H15NO3. The second-order valence-electron chi connectivity index (χ2n) is 3.53. The molecule has 1 aliphatic heterocycles. The molecule has 0 aromatic rings. The molecule has 0 N–H and O–H groups in total. The van der Waals surface area contributed by atoms with E-state index in [0.29, 0.717) is 19.6 Å². The Labute approximate surface area is 77.8 Å². The molecule has 1 unspecified atom stereocenters. The van der Waals surface area contributed by atoms with Gasteiger partial charge in [0, 0.05) is 13.6 Å². The number of hydrogen-bond donors (Lipinski definition) is 0. The number of amides is 1. The van der Waals surface area contributed by atoms with Crippen molar-refractivity contribution in [1.82, 2.24) is 4.90 Å². The highest BCUT2D eigenvalue weighted by Gasteiger charge is 2.48. The summed E-state index contributed by atoms with van der Waals surface area (Å²) in [7, 11) is 1.70. The topological polar surface area (TPSA) is 46.6 Å². The number of nitrogens with zero attached hydrogens (tertiary/aromatic N) is 1. The maximum Gasteiger partial charge on any atom is 0.321 e. The third-order valence-electron chi connectivity index (χ3n) is 2.49. The van der Waals surface area contributed by atoms with Gasteiger partial charge < -0.3 is 9.64 Å². The van der Waals surface area contributed by atoms with Crippen molar-refractivity contribution in [3.8, 4) is 0 Å². The maximum absolute atomic E-state index is 11.6. The van der Waals surface area contributed by atoms with E-state index in [2.05, 4.69) is 0 Å². The third kappa shape index (κ3) is 1.53. The standard InChI is InChI=1S/C9H15NO3/c1-4-13-8(12)9(2)5-6-10(3)7(9)11/h4-6H2,1-3H3. The van der Waals surface area contributed by atoms with Crippen molar-refractivity contribution in [2.75, 3.05) is 20.2 Å². The summed E-state index contributed by atoms with van der Waals surface area (Å²) in [5.41, 5.74) is -0.940. The van der Waals surface area contributed by atoms with Gasteiger partial charge in [0.25, 0.3) is 0 Å². The van der Waals surface area contributed by atoms with Crippen LogP contribution < -0.4 is 0 Å². The lowest BCUT2D eigenvalue weighted by Crippen LogP contribution is -2.38. The minimum absolute atomic E-state index is 0.133. The second kappa shape index (κ2) is 3.36. The van der Waals surface area contributed by atoms with E-state index in [4.69, 9.17) is 4.74 Å². The molecule has 13 heavy (non-hydrogen) atoms. The highest BCUT2D eigenvalue weighted by atomic mass is 16.5. The van der Waals surface area contributed by atoms with Gasteiger partial charge in [0.15, 0.2) is 0 Å². The van der Waals surface area contributed by atoms with Crippen molar-refractivity contribution in [1.29, 1.82) is 0 Å². The minimum Gasteiger partial charge on any atom is -0.465 e. The Bertz CT molecular complexity index is 239. The van der Waals surface area contributed by atoms with Gasteiger partial charge in [-0.05, 0) is 20.3 Å². The lowest BCUT2D eigenvalue weighted by molar-refractivity contribution is -0.159. The molecule has 1 saturated heterocycles. The number of likely N-dealkylation sites (tertiary alicyclic amines) is 1. The van der Waals surface area contributed by atoms with Gasteiger partial charge in [-0.1, -0.05) is 0 Å². The van der Waals surface area contributed by atoms with Crippen LogP contribution in [0.2, 0.25) is 0 Å². The first-order chi connectivity index (χ1) is 6.02. The van der Waals surface area contributed by atoms with E-state index in [1.165, 1.54) is 0 Å². The van der Waals surface area contributed by atoms with Crippen LogP contribution in [0.4, 0.5) is 0 Å². The molecule has 74 valence electrons. The van der Waals surface area contributed by atoms with Crippen LogP contribution in [0, 0.1) is 5.41 Å². The van der Waals surface area contributed by atoms with Crippen molar-refractivity contribution in [3.05, 3.63) is 0 Å². The molecule has 1 rings (SSSR count). The fraction of sp³-hybridized carbons (Fsp3) is 0.778. The van der Waals surface area contributed by atoms with Crippen LogP contribution in [0.15, 0.2) is 0 Å². The molecular weight excluding hydrogens is 170 g/mol. The molecule has 4 nitrogen and oxygen atoms in total. The molecule has 4 heteroatoms. The lowest BCUT2D eigenvalue weighted by atomic mass is 9.89. The van der Waals surface area contributed by atoms with Gasteiger partial charge in [-0.25, -0.2) is 0 Å². The number of rotatable bonds is 2. The number of ether oxygens (including phenoxy) is 1. The van der Waals surface area contributed by atoms with Crippen molar-refractivity contribution in [2.45, 2.75) is 20.3 Å². The molecule has 0 saturated carbocycles. The average molecular weight is 185 g/mol. The first kappa shape index (κ1) is 10.0. The van der Waals surface area contributed by atoms with Crippen molar-refractivity contribution in [2.24, 2.45) is 5.41 Å². The second-order valence-corrected chi connectivity index (χ2v) is 3.53. The van der Waals surface area contributed by atoms with E-state index in [1.807, 2.05) is 0 Å². The van der Waals surface area contributed by atoms with Gasteiger partial charge in [-0.15, -0.1) is 0 Å². The average Bonchev–Trinajstić information content (AvgIpc) is 2.35. The van der Waals surface area contributed by atoms with Crippen LogP contribution >= 0.6 is 0 Å². The molecule has 1 fully saturated rings. The summed E-state index contributed by atoms with van der Waals surface area (Å²) in [5, 5.41) is 0. The Hall–Kier alpha value is -1.06.